The van der Waals surface area contributed by atoms with Crippen LogP contribution in [0.15, 0.2) is 0 Å². The molecule has 2 saturated carbocycles. The average Bonchev–Trinajstić information content (AvgIpc) is 2.37. The summed E-state index contributed by atoms with van der Waals surface area (Å²) >= 11 is 0. The van der Waals surface area contributed by atoms with E-state index < -0.39 is 0 Å². The Morgan fingerprint density at radius 3 is 2.35 bits per heavy atom. The van der Waals surface area contributed by atoms with E-state index in [1.807, 2.05) is 0 Å². The number of rotatable bonds is 4. The minimum atomic E-state index is 0.104. The van der Waals surface area contributed by atoms with E-state index in [1.165, 1.54) is 57.8 Å². The minimum Gasteiger partial charge on any atom is -0.370 e. The third-order valence-electron chi connectivity index (χ3n) is 4.96. The van der Waals surface area contributed by atoms with Crippen LogP contribution in [0.3, 0.4) is 0 Å². The SMILES string of the molecule is CC1CCCC(CNC(C)(C)C)(OC2CCCCC2)C1. The molecule has 0 bridgehead atoms. The van der Waals surface area contributed by atoms with Crippen molar-refractivity contribution in [2.75, 3.05) is 6.54 Å². The third kappa shape index (κ3) is 5.04. The van der Waals surface area contributed by atoms with Crippen LogP contribution in [0.2, 0.25) is 0 Å². The Morgan fingerprint density at radius 1 is 1.05 bits per heavy atom. The predicted molar refractivity (Wildman–Crippen MR) is 86.1 cm³/mol. The highest BCUT2D eigenvalue weighted by atomic mass is 16.5. The molecular formula is C18H35NO. The Balaban J connectivity index is 1.98. The van der Waals surface area contributed by atoms with Gasteiger partial charge in [0.05, 0.1) is 11.7 Å². The zero-order valence-corrected chi connectivity index (χ0v) is 14.1. The summed E-state index contributed by atoms with van der Waals surface area (Å²) in [5, 5.41) is 3.72. The van der Waals surface area contributed by atoms with Crippen molar-refractivity contribution in [3.63, 3.8) is 0 Å². The van der Waals surface area contributed by atoms with Gasteiger partial charge in [0.15, 0.2) is 0 Å². The largest absolute Gasteiger partial charge is 0.370 e. The minimum absolute atomic E-state index is 0.104. The van der Waals surface area contributed by atoms with E-state index in [0.29, 0.717) is 6.10 Å². The first-order chi connectivity index (χ1) is 9.39. The highest BCUT2D eigenvalue weighted by molar-refractivity contribution is 4.92. The van der Waals surface area contributed by atoms with Gasteiger partial charge in [0.25, 0.3) is 0 Å². The molecule has 1 N–H and O–H groups in total. The van der Waals surface area contributed by atoms with Crippen molar-refractivity contribution in [3.8, 4) is 0 Å². The summed E-state index contributed by atoms with van der Waals surface area (Å²) in [6.07, 6.45) is 12.4. The van der Waals surface area contributed by atoms with Crippen LogP contribution in [0.4, 0.5) is 0 Å². The predicted octanol–water partition coefficient (Wildman–Crippen LogP) is 4.67. The summed E-state index contributed by atoms with van der Waals surface area (Å²) in [6, 6.07) is 0. The van der Waals surface area contributed by atoms with Crippen LogP contribution in [0, 0.1) is 5.92 Å². The fourth-order valence-electron chi connectivity index (χ4n) is 3.88. The maximum atomic E-state index is 6.72. The first kappa shape index (κ1) is 16.3. The Hall–Kier alpha value is -0.0800. The molecular weight excluding hydrogens is 246 g/mol. The number of nitrogens with one attached hydrogen (secondary N) is 1. The van der Waals surface area contributed by atoms with Crippen molar-refractivity contribution in [2.45, 2.75) is 103 Å². The fourth-order valence-corrected chi connectivity index (χ4v) is 3.88. The smallest absolute Gasteiger partial charge is 0.0812 e. The van der Waals surface area contributed by atoms with E-state index in [-0.39, 0.29) is 11.1 Å². The first-order valence-electron chi connectivity index (χ1n) is 8.81. The average molecular weight is 281 g/mol. The molecule has 0 aromatic carbocycles. The molecule has 2 aliphatic rings. The van der Waals surface area contributed by atoms with Gasteiger partial charge in [0.1, 0.15) is 0 Å². The Bertz CT molecular complexity index is 290. The van der Waals surface area contributed by atoms with Gasteiger partial charge in [-0.15, -0.1) is 0 Å². The number of ether oxygens (including phenoxy) is 1. The van der Waals surface area contributed by atoms with Gasteiger partial charge in [-0.3, -0.25) is 0 Å². The summed E-state index contributed by atoms with van der Waals surface area (Å²) in [5.41, 5.74) is 0.288. The molecule has 0 aliphatic heterocycles. The number of hydrogen-bond acceptors (Lipinski definition) is 2. The summed E-state index contributed by atoms with van der Waals surface area (Å²) in [7, 11) is 0. The van der Waals surface area contributed by atoms with Gasteiger partial charge in [0, 0.05) is 12.1 Å². The lowest BCUT2D eigenvalue weighted by molar-refractivity contribution is -0.131. The zero-order chi connectivity index (χ0) is 14.6. The van der Waals surface area contributed by atoms with E-state index in [9.17, 15) is 0 Å². The van der Waals surface area contributed by atoms with E-state index in [1.54, 1.807) is 0 Å². The van der Waals surface area contributed by atoms with Crippen LogP contribution in [-0.2, 0) is 4.74 Å². The van der Waals surface area contributed by atoms with Gasteiger partial charge in [-0.1, -0.05) is 39.0 Å². The Labute approximate surface area is 126 Å². The fraction of sp³-hybridized carbons (Fsp3) is 1.00. The molecule has 2 aliphatic carbocycles. The molecule has 2 unspecified atom stereocenters. The van der Waals surface area contributed by atoms with Crippen molar-refractivity contribution in [2.24, 2.45) is 5.92 Å². The van der Waals surface area contributed by atoms with E-state index in [4.69, 9.17) is 4.74 Å². The summed E-state index contributed by atoms with van der Waals surface area (Å²) < 4.78 is 6.72. The highest BCUT2D eigenvalue weighted by Crippen LogP contribution is 2.38. The summed E-state index contributed by atoms with van der Waals surface area (Å²) in [4.78, 5) is 0. The van der Waals surface area contributed by atoms with Crippen molar-refractivity contribution in [1.82, 2.24) is 5.32 Å². The molecule has 20 heavy (non-hydrogen) atoms. The lowest BCUT2D eigenvalue weighted by Gasteiger charge is -2.44. The highest BCUT2D eigenvalue weighted by Gasteiger charge is 2.38. The van der Waals surface area contributed by atoms with Crippen LogP contribution >= 0.6 is 0 Å². The molecule has 2 nitrogen and oxygen atoms in total. The standard InChI is InChI=1S/C18H35NO/c1-15-9-8-12-18(13-15,14-19-17(2,3)4)20-16-10-6-5-7-11-16/h15-16,19H,5-14H2,1-4H3. The molecule has 0 spiro atoms. The molecule has 0 radical (unpaired) electrons. The van der Waals surface area contributed by atoms with Crippen LogP contribution < -0.4 is 5.32 Å². The molecule has 0 amide bonds. The second-order valence-electron chi connectivity index (χ2n) is 8.37. The van der Waals surface area contributed by atoms with Crippen molar-refractivity contribution >= 4 is 0 Å². The molecule has 0 aromatic heterocycles. The van der Waals surface area contributed by atoms with E-state index in [0.717, 1.165) is 12.5 Å². The van der Waals surface area contributed by atoms with Gasteiger partial charge in [-0.2, -0.15) is 0 Å². The first-order valence-corrected chi connectivity index (χ1v) is 8.81. The van der Waals surface area contributed by atoms with E-state index >= 15 is 0 Å². The summed E-state index contributed by atoms with van der Waals surface area (Å²) in [6.45, 7) is 10.2. The maximum absolute atomic E-state index is 6.72. The van der Waals surface area contributed by atoms with E-state index in [2.05, 4.69) is 33.0 Å². The van der Waals surface area contributed by atoms with Gasteiger partial charge in [0.2, 0.25) is 0 Å². The maximum Gasteiger partial charge on any atom is 0.0812 e. The van der Waals surface area contributed by atoms with Crippen LogP contribution in [-0.4, -0.2) is 23.8 Å². The molecule has 2 heteroatoms. The quantitative estimate of drug-likeness (QED) is 0.808. The van der Waals surface area contributed by atoms with Crippen molar-refractivity contribution < 1.29 is 4.74 Å². The second kappa shape index (κ2) is 6.79. The lowest BCUT2D eigenvalue weighted by Crippen LogP contribution is -2.52. The molecule has 0 heterocycles. The molecule has 118 valence electrons. The summed E-state index contributed by atoms with van der Waals surface area (Å²) in [5.74, 6) is 0.814. The van der Waals surface area contributed by atoms with Crippen molar-refractivity contribution in [3.05, 3.63) is 0 Å². The van der Waals surface area contributed by atoms with Gasteiger partial charge < -0.3 is 10.1 Å². The number of hydrogen-bond donors (Lipinski definition) is 1. The molecule has 2 atom stereocenters. The Kier molecular flexibility index (Phi) is 5.53. The monoisotopic (exact) mass is 281 g/mol. The Morgan fingerprint density at radius 2 is 1.75 bits per heavy atom. The van der Waals surface area contributed by atoms with Gasteiger partial charge >= 0.3 is 0 Å². The molecule has 2 rings (SSSR count). The van der Waals surface area contributed by atoms with Crippen LogP contribution in [0.25, 0.3) is 0 Å². The van der Waals surface area contributed by atoms with Crippen LogP contribution in [0.1, 0.15) is 85.5 Å². The second-order valence-corrected chi connectivity index (χ2v) is 8.37. The van der Waals surface area contributed by atoms with Gasteiger partial charge in [-0.05, 0) is 52.4 Å². The molecule has 0 saturated heterocycles. The zero-order valence-electron chi connectivity index (χ0n) is 14.1. The third-order valence-corrected chi connectivity index (χ3v) is 4.96. The normalized spacial score (nSPS) is 33.3. The molecule has 2 fully saturated rings. The topological polar surface area (TPSA) is 21.3 Å². The molecule has 0 aromatic rings. The van der Waals surface area contributed by atoms with Gasteiger partial charge in [-0.25, -0.2) is 0 Å². The lowest BCUT2D eigenvalue weighted by atomic mass is 9.78. The van der Waals surface area contributed by atoms with Crippen molar-refractivity contribution in [1.29, 1.82) is 0 Å². The van der Waals surface area contributed by atoms with Crippen LogP contribution in [0.5, 0.6) is 0 Å².